The van der Waals surface area contributed by atoms with Crippen molar-refractivity contribution in [2.45, 2.75) is 51.1 Å². The molecule has 2 aromatic heterocycles. The van der Waals surface area contributed by atoms with E-state index in [0.717, 1.165) is 12.6 Å². The van der Waals surface area contributed by atoms with Crippen LogP contribution in [0.1, 0.15) is 43.4 Å². The summed E-state index contributed by atoms with van der Waals surface area (Å²) in [5.41, 5.74) is 1.39. The Labute approximate surface area is 123 Å². The number of hydrogen-bond acceptors (Lipinski definition) is 3. The maximum Gasteiger partial charge on any atom is 0.0351 e. The predicted molar refractivity (Wildman–Crippen MR) is 86.0 cm³/mol. The van der Waals surface area contributed by atoms with Crippen LogP contribution in [0.15, 0.2) is 29.0 Å². The van der Waals surface area contributed by atoms with Crippen LogP contribution in [0.2, 0.25) is 0 Å². The fraction of sp³-hybridized carbons (Fsp3) is 0.500. The minimum atomic E-state index is 0.745. The Balaban J connectivity index is 1.55. The van der Waals surface area contributed by atoms with Crippen molar-refractivity contribution in [3.8, 4) is 10.4 Å². The molecule has 19 heavy (non-hydrogen) atoms. The van der Waals surface area contributed by atoms with Crippen LogP contribution in [0.3, 0.4) is 0 Å². The van der Waals surface area contributed by atoms with Crippen LogP contribution in [-0.4, -0.2) is 6.04 Å². The third-order valence-corrected chi connectivity index (χ3v) is 5.74. The van der Waals surface area contributed by atoms with Crippen molar-refractivity contribution in [3.63, 3.8) is 0 Å². The van der Waals surface area contributed by atoms with Gasteiger partial charge in [0.05, 0.1) is 0 Å². The van der Waals surface area contributed by atoms with Crippen molar-refractivity contribution in [2.24, 2.45) is 0 Å². The first-order valence-electron chi connectivity index (χ1n) is 7.26. The standard InChI is InChI=1S/C16H21NS2/c1-2-4-7-14(6-3-1)17-11-15-10-13(12-19-15)16-8-5-9-18-16/h5,8-10,12,14,17H,1-4,6-7,11H2. The number of thiophene rings is 2. The molecule has 0 unspecified atom stereocenters. The third-order valence-electron chi connectivity index (χ3n) is 3.88. The van der Waals surface area contributed by atoms with E-state index >= 15 is 0 Å². The lowest BCUT2D eigenvalue weighted by atomic mass is 10.1. The zero-order valence-electron chi connectivity index (χ0n) is 11.2. The number of nitrogens with one attached hydrogen (secondary N) is 1. The van der Waals surface area contributed by atoms with Gasteiger partial charge in [-0.2, -0.15) is 0 Å². The first-order valence-corrected chi connectivity index (χ1v) is 9.02. The molecule has 1 aliphatic rings. The van der Waals surface area contributed by atoms with Crippen molar-refractivity contribution in [2.75, 3.05) is 0 Å². The highest BCUT2D eigenvalue weighted by molar-refractivity contribution is 7.14. The molecule has 1 fully saturated rings. The van der Waals surface area contributed by atoms with Crippen molar-refractivity contribution in [1.82, 2.24) is 5.32 Å². The minimum Gasteiger partial charge on any atom is -0.309 e. The van der Waals surface area contributed by atoms with E-state index in [2.05, 4.69) is 34.3 Å². The Kier molecular flexibility index (Phi) is 4.70. The topological polar surface area (TPSA) is 12.0 Å². The zero-order valence-corrected chi connectivity index (χ0v) is 12.9. The molecule has 0 spiro atoms. The van der Waals surface area contributed by atoms with Gasteiger partial charge < -0.3 is 5.32 Å². The van der Waals surface area contributed by atoms with Crippen molar-refractivity contribution in [3.05, 3.63) is 33.8 Å². The average Bonchev–Trinajstić information content (AvgIpc) is 3.04. The normalized spacial score (nSPS) is 17.5. The lowest BCUT2D eigenvalue weighted by Crippen LogP contribution is -2.27. The van der Waals surface area contributed by atoms with Crippen molar-refractivity contribution in [1.29, 1.82) is 0 Å². The molecule has 2 heterocycles. The van der Waals surface area contributed by atoms with E-state index in [0.29, 0.717) is 0 Å². The Morgan fingerprint density at radius 1 is 1.11 bits per heavy atom. The molecule has 3 heteroatoms. The second-order valence-corrected chi connectivity index (χ2v) is 7.29. The molecular formula is C16H21NS2. The summed E-state index contributed by atoms with van der Waals surface area (Å²) in [5.74, 6) is 0. The molecule has 1 nitrogen and oxygen atoms in total. The molecule has 0 amide bonds. The molecule has 1 saturated carbocycles. The predicted octanol–water partition coefficient (Wildman–Crippen LogP) is 5.29. The molecule has 1 N–H and O–H groups in total. The van der Waals surface area contributed by atoms with E-state index in [4.69, 9.17) is 0 Å². The first-order chi connectivity index (χ1) is 9.42. The molecule has 0 atom stereocenters. The average molecular weight is 291 g/mol. The van der Waals surface area contributed by atoms with Crippen LogP contribution >= 0.6 is 22.7 Å². The van der Waals surface area contributed by atoms with Crippen LogP contribution in [0.4, 0.5) is 0 Å². The molecular weight excluding hydrogens is 270 g/mol. The third kappa shape index (κ3) is 3.68. The molecule has 1 aliphatic carbocycles. The van der Waals surface area contributed by atoms with Gasteiger partial charge in [0.2, 0.25) is 0 Å². The molecule has 0 aromatic carbocycles. The second-order valence-electron chi connectivity index (χ2n) is 5.35. The van der Waals surface area contributed by atoms with Crippen LogP contribution in [0, 0.1) is 0 Å². The largest absolute Gasteiger partial charge is 0.309 e. The summed E-state index contributed by atoms with van der Waals surface area (Å²) in [6.45, 7) is 1.04. The summed E-state index contributed by atoms with van der Waals surface area (Å²) in [5, 5.41) is 8.19. The fourth-order valence-corrected chi connectivity index (χ4v) is 4.40. The summed E-state index contributed by atoms with van der Waals surface area (Å²) >= 11 is 3.71. The molecule has 2 aromatic rings. The van der Waals surface area contributed by atoms with Crippen molar-refractivity contribution < 1.29 is 0 Å². The molecule has 0 bridgehead atoms. The SMILES string of the molecule is c1csc(-c2csc(CNC3CCCCCC3)c2)c1. The Hall–Kier alpha value is -0.640. The Morgan fingerprint density at radius 3 is 2.68 bits per heavy atom. The quantitative estimate of drug-likeness (QED) is 0.755. The smallest absolute Gasteiger partial charge is 0.0351 e. The lowest BCUT2D eigenvalue weighted by molar-refractivity contribution is 0.461. The van der Waals surface area contributed by atoms with Gasteiger partial charge in [0.15, 0.2) is 0 Å². The molecule has 3 rings (SSSR count). The fourth-order valence-electron chi connectivity index (χ4n) is 2.77. The van der Waals surface area contributed by atoms with Gasteiger partial charge in [-0.25, -0.2) is 0 Å². The summed E-state index contributed by atoms with van der Waals surface area (Å²) in [6.07, 6.45) is 8.40. The summed E-state index contributed by atoms with van der Waals surface area (Å²) in [4.78, 5) is 2.85. The number of rotatable bonds is 4. The molecule has 0 aliphatic heterocycles. The second kappa shape index (κ2) is 6.69. The van der Waals surface area contributed by atoms with Gasteiger partial charge in [0.25, 0.3) is 0 Å². The van der Waals surface area contributed by atoms with E-state index in [1.807, 2.05) is 22.7 Å². The van der Waals surface area contributed by atoms with Gasteiger partial charge in [-0.3, -0.25) is 0 Å². The Morgan fingerprint density at radius 2 is 1.95 bits per heavy atom. The minimum absolute atomic E-state index is 0.745. The first kappa shape index (κ1) is 13.3. The van der Waals surface area contributed by atoms with E-state index in [1.165, 1.54) is 53.8 Å². The molecule has 0 saturated heterocycles. The van der Waals surface area contributed by atoms with Gasteiger partial charge in [-0.05, 0) is 35.7 Å². The highest BCUT2D eigenvalue weighted by Gasteiger charge is 2.12. The highest BCUT2D eigenvalue weighted by atomic mass is 32.1. The van der Waals surface area contributed by atoms with Crippen LogP contribution in [0.5, 0.6) is 0 Å². The highest BCUT2D eigenvalue weighted by Crippen LogP contribution is 2.29. The van der Waals surface area contributed by atoms with Gasteiger partial charge in [-0.1, -0.05) is 31.7 Å². The van der Waals surface area contributed by atoms with Crippen LogP contribution in [0.25, 0.3) is 10.4 Å². The Bertz CT molecular complexity index is 479. The molecule has 102 valence electrons. The van der Waals surface area contributed by atoms with Gasteiger partial charge in [-0.15, -0.1) is 22.7 Å². The molecule has 0 radical (unpaired) electrons. The summed E-state index contributed by atoms with van der Waals surface area (Å²) in [6, 6.07) is 7.42. The monoisotopic (exact) mass is 291 g/mol. The maximum atomic E-state index is 3.75. The van der Waals surface area contributed by atoms with Gasteiger partial charge in [0.1, 0.15) is 0 Å². The van der Waals surface area contributed by atoms with E-state index in [9.17, 15) is 0 Å². The lowest BCUT2D eigenvalue weighted by Gasteiger charge is -2.15. The summed E-state index contributed by atoms with van der Waals surface area (Å²) in [7, 11) is 0. The maximum absolute atomic E-state index is 3.75. The van der Waals surface area contributed by atoms with E-state index in [-0.39, 0.29) is 0 Å². The van der Waals surface area contributed by atoms with Crippen molar-refractivity contribution >= 4 is 22.7 Å². The van der Waals surface area contributed by atoms with Gasteiger partial charge in [0, 0.05) is 27.9 Å². The zero-order chi connectivity index (χ0) is 12.9. The van der Waals surface area contributed by atoms with Gasteiger partial charge >= 0.3 is 0 Å². The van der Waals surface area contributed by atoms with Crippen LogP contribution in [-0.2, 0) is 6.54 Å². The summed E-state index contributed by atoms with van der Waals surface area (Å²) < 4.78 is 0. The van der Waals surface area contributed by atoms with E-state index in [1.54, 1.807) is 0 Å². The number of hydrogen-bond donors (Lipinski definition) is 1. The van der Waals surface area contributed by atoms with Crippen LogP contribution < -0.4 is 5.32 Å². The van der Waals surface area contributed by atoms with E-state index < -0.39 is 0 Å².